The molecule has 0 atom stereocenters. The number of fused-ring (bicyclic) bond motifs is 8. The predicted octanol–water partition coefficient (Wildman–Crippen LogP) is 32.8. The second kappa shape index (κ2) is 54.4. The molecule has 0 aromatic heterocycles. The highest BCUT2D eigenvalue weighted by atomic mass is 79.9. The summed E-state index contributed by atoms with van der Waals surface area (Å²) in [5.41, 5.74) is 3.34. The monoisotopic (exact) mass is 2290 g/mol. The van der Waals surface area contributed by atoms with Gasteiger partial charge < -0.3 is 37.9 Å². The molecule has 0 spiro atoms. The van der Waals surface area contributed by atoms with Gasteiger partial charge in [0.15, 0.2) is 0 Å². The number of esters is 8. The van der Waals surface area contributed by atoms with E-state index in [1.54, 1.807) is 135 Å². The number of unbranched alkanes of at least 4 members (excludes halogenated alkanes) is 32. The summed E-state index contributed by atoms with van der Waals surface area (Å²) in [7, 11) is 0. The molecule has 0 saturated carbocycles. The second-order valence-electron chi connectivity index (χ2n) is 39.3. The van der Waals surface area contributed by atoms with E-state index in [0.717, 1.165) is 205 Å². The van der Waals surface area contributed by atoms with E-state index in [0.29, 0.717) is 95.9 Å². The van der Waals surface area contributed by atoms with Crippen LogP contribution in [0.1, 0.15) is 463 Å². The highest BCUT2D eigenvalue weighted by Gasteiger charge is 2.43. The van der Waals surface area contributed by atoms with Crippen molar-refractivity contribution in [1.29, 1.82) is 0 Å². The minimum atomic E-state index is -1.32. The summed E-state index contributed by atoms with van der Waals surface area (Å²) in [5, 5.41) is 0. The lowest BCUT2D eigenvalue weighted by atomic mass is 9.76. The van der Waals surface area contributed by atoms with Gasteiger partial charge >= 0.3 is 47.8 Å². The smallest absolute Gasteiger partial charge is 0.327 e. The number of alkyl halides is 8. The lowest BCUT2D eigenvalue weighted by molar-refractivity contribution is -0.137. The van der Waals surface area contributed by atoms with E-state index in [2.05, 4.69) is 155 Å². The van der Waals surface area contributed by atoms with Crippen molar-refractivity contribution in [2.24, 2.45) is 0 Å². The van der Waals surface area contributed by atoms with Crippen LogP contribution in [0.4, 0.5) is 0 Å². The predicted molar refractivity (Wildman–Crippen MR) is 550 cm³/mol. The third-order valence-electron chi connectivity index (χ3n) is 23.5. The van der Waals surface area contributed by atoms with Gasteiger partial charge in [0.25, 0.3) is 0 Å². The molecule has 0 saturated heterocycles. The zero-order chi connectivity index (χ0) is 95.8. The third kappa shape index (κ3) is 38.6. The van der Waals surface area contributed by atoms with Crippen molar-refractivity contribution in [2.45, 2.75) is 454 Å². The molecule has 720 valence electrons. The van der Waals surface area contributed by atoms with Crippen LogP contribution in [0.3, 0.4) is 0 Å². The van der Waals surface area contributed by atoms with E-state index in [4.69, 9.17) is 37.9 Å². The first kappa shape index (κ1) is 115. The van der Waals surface area contributed by atoms with Crippen LogP contribution in [-0.4, -0.2) is 82.3 Å². The van der Waals surface area contributed by atoms with Gasteiger partial charge in [0.1, 0.15) is 80.6 Å². The van der Waals surface area contributed by atoms with E-state index >= 15 is 38.4 Å². The van der Waals surface area contributed by atoms with E-state index in [1.165, 1.54) is 0 Å². The Bertz CT molecular complexity index is 3490. The highest BCUT2D eigenvalue weighted by molar-refractivity contribution is 9.11. The Kier molecular flexibility index (Phi) is 48.9. The fourth-order valence-electron chi connectivity index (χ4n) is 15.6. The molecule has 0 amide bonds. The summed E-state index contributed by atoms with van der Waals surface area (Å²) in [5.74, 6) is -9.28. The zero-order valence-electron chi connectivity index (χ0n) is 80.8. The molecule has 4 aromatic carbocycles. The van der Waals surface area contributed by atoms with Crippen LogP contribution in [0.2, 0.25) is 0 Å². The van der Waals surface area contributed by atoms with Crippen molar-refractivity contribution in [3.63, 3.8) is 0 Å². The lowest BCUT2D eigenvalue weighted by Gasteiger charge is -2.33. The van der Waals surface area contributed by atoms with Crippen LogP contribution >= 0.6 is 127 Å². The molecule has 0 unspecified atom stereocenters. The number of hydrogen-bond donors (Lipinski definition) is 0. The molecule has 24 heteroatoms. The van der Waals surface area contributed by atoms with Crippen molar-refractivity contribution in [2.75, 3.05) is 0 Å². The van der Waals surface area contributed by atoms with Gasteiger partial charge in [0.2, 0.25) is 0 Å². The quantitative estimate of drug-likeness (QED) is 0.0174. The molecule has 8 bridgehead atoms. The van der Waals surface area contributed by atoms with Gasteiger partial charge in [-0.1, -0.05) is 386 Å². The molecule has 0 fully saturated rings. The molecular formula is C104H152Br8O16. The first-order valence-electron chi connectivity index (χ1n) is 47.8. The first-order valence-corrected chi connectivity index (χ1v) is 54.1. The SMILES string of the molecule is CCCCCCCCCCCC1c2cc(c(OC(=O)C(C)(C)Br)cc2OC(=O)C(C)(C)Br)C(CCCCCCCCCCC)c2cc(c(OC(=O)C(C)(C)Br)cc2OC(=O)C(C)(C)Br)C(CCCCCCCCCCC)c2cc(c(OC(=O)C(C)(C)Br)cc2OC(=O)C(C)(C)Br)C(CCCCCCCCCCC)c2cc1c(OC(=O)C(C)(C)Br)cc2OC(=O)C(C)(C)Br. The second-order valence-corrected chi connectivity index (χ2v) is 55.1. The summed E-state index contributed by atoms with van der Waals surface area (Å²) >= 11 is 29.4. The molecule has 5 rings (SSSR count). The zero-order valence-corrected chi connectivity index (χ0v) is 93.5. The number of hydrogen-bond acceptors (Lipinski definition) is 16. The van der Waals surface area contributed by atoms with Crippen molar-refractivity contribution in [1.82, 2.24) is 0 Å². The van der Waals surface area contributed by atoms with Crippen LogP contribution in [0, 0.1) is 0 Å². The first-order chi connectivity index (χ1) is 59.8. The lowest BCUT2D eigenvalue weighted by Crippen LogP contribution is -2.32. The van der Waals surface area contributed by atoms with Gasteiger partial charge in [-0.2, -0.15) is 0 Å². The molecule has 4 aromatic rings. The van der Waals surface area contributed by atoms with Crippen LogP contribution in [0.15, 0.2) is 48.5 Å². The molecule has 0 heterocycles. The minimum absolute atomic E-state index is 0.00909. The summed E-state index contributed by atoms with van der Waals surface area (Å²) in [6.45, 7) is 35.8. The van der Waals surface area contributed by atoms with E-state index in [-0.39, 0.29) is 46.0 Å². The molecule has 128 heavy (non-hydrogen) atoms. The Balaban J connectivity index is 2.44. The molecule has 1 aliphatic rings. The number of carbonyl (C=O) groups is 8. The number of benzene rings is 4. The van der Waals surface area contributed by atoms with Crippen LogP contribution < -0.4 is 37.9 Å². The molecule has 16 nitrogen and oxygen atoms in total. The average molecular weight is 2300 g/mol. The molecule has 0 aliphatic heterocycles. The maximum absolute atomic E-state index is 15.4. The maximum atomic E-state index is 15.4. The number of halogens is 8. The number of rotatable bonds is 56. The fourth-order valence-corrected chi connectivity index (χ4v) is 16.2. The largest absolute Gasteiger partial charge is 0.425 e. The van der Waals surface area contributed by atoms with Gasteiger partial charge in [-0.25, -0.2) is 0 Å². The van der Waals surface area contributed by atoms with Crippen molar-refractivity contribution in [3.8, 4) is 46.0 Å². The van der Waals surface area contributed by atoms with Crippen molar-refractivity contribution < 1.29 is 76.3 Å². The topological polar surface area (TPSA) is 210 Å². The Hall–Kier alpha value is -3.52. The van der Waals surface area contributed by atoms with E-state index < -0.39 is 106 Å². The highest BCUT2D eigenvalue weighted by Crippen LogP contribution is 2.56. The fraction of sp³-hybridized carbons (Fsp3) is 0.692. The minimum Gasteiger partial charge on any atom is -0.425 e. The number of carbonyl (C=O) groups excluding carboxylic acids is 8. The summed E-state index contributed by atoms with van der Waals surface area (Å²) in [4.78, 5) is 123. The van der Waals surface area contributed by atoms with Gasteiger partial charge in [0, 0.05) is 92.4 Å². The van der Waals surface area contributed by atoms with Gasteiger partial charge in [-0.05, 0) is 161 Å². The van der Waals surface area contributed by atoms with Crippen molar-refractivity contribution >= 4 is 175 Å². The summed E-state index contributed by atoms with van der Waals surface area (Å²) in [6, 6.07) is 14.2. The maximum Gasteiger partial charge on any atom is 0.327 e. The summed E-state index contributed by atoms with van der Waals surface area (Å²) < 4.78 is 44.9. The van der Waals surface area contributed by atoms with Crippen LogP contribution in [-0.2, 0) is 38.4 Å². The van der Waals surface area contributed by atoms with Gasteiger partial charge in [-0.3, -0.25) is 38.4 Å². The Morgan fingerprint density at radius 2 is 0.289 bits per heavy atom. The van der Waals surface area contributed by atoms with E-state index in [1.807, 2.05) is 24.3 Å². The Labute approximate surface area is 836 Å². The standard InChI is InChI=1S/C104H152Br8O16/c1-21-25-29-33-37-41-45-49-53-57-69-73-61-75(83(123-91(115)99(9,10)107)65-81(73)121-89(113)97(5,6)105)70(58-54-50-46-42-38-34-30-26-22-2)77-63-79(87(127-95(119)103(17,18)111)67-85(77)125-93(117)101(13,14)109)72(60-56-52-48-44-40-36-32-28-24-4)80-64-78(86(126-94(118)102(15,16)110)68-88(80)128-96(120)104(19,20)112)71(59-55-51-47-43-39-35-31-27-23-3)76-62-74(69)82(122-90(114)98(7,8)106)66-84(76)124-92(116)100(11,12)108/h61-72H,21-60H2,1-20H3. The van der Waals surface area contributed by atoms with Crippen LogP contribution in [0.5, 0.6) is 46.0 Å². The van der Waals surface area contributed by atoms with Gasteiger partial charge in [-0.15, -0.1) is 0 Å². The molecule has 0 N–H and O–H groups in total. The molecule has 1 aliphatic carbocycles. The molecule has 0 radical (unpaired) electrons. The molecular weight excluding hydrogens is 2140 g/mol. The van der Waals surface area contributed by atoms with Crippen molar-refractivity contribution in [3.05, 3.63) is 93.0 Å². The Morgan fingerprint density at radius 1 is 0.188 bits per heavy atom. The van der Waals surface area contributed by atoms with E-state index in [9.17, 15) is 0 Å². The number of ether oxygens (including phenoxy) is 8. The van der Waals surface area contributed by atoms with Crippen LogP contribution in [0.25, 0.3) is 0 Å². The Morgan fingerprint density at radius 3 is 0.391 bits per heavy atom. The third-order valence-corrected chi connectivity index (χ3v) is 26.1. The average Bonchev–Trinajstić information content (AvgIpc) is 0.738. The van der Waals surface area contributed by atoms with Gasteiger partial charge in [0.05, 0.1) is 0 Å². The summed E-state index contributed by atoms with van der Waals surface area (Å²) in [6.07, 6.45) is 36.2. The normalized spacial score (nSPS) is 15.3.